The standard InChI is InChI=1S/C24H24N4O3S/c1-16-7-10-27(11-8-16)22(29)13-28-20-12-17(5-6-21(20)31-14-23(28)30)19-15-32-24(26-19)18-4-2-3-9-25-18/h2-6,9,12,15-16H,7-8,10-11,13-14H2,1H3. The first-order chi connectivity index (χ1) is 15.6. The topological polar surface area (TPSA) is 75.6 Å². The lowest BCUT2D eigenvalue weighted by molar-refractivity contribution is -0.133. The molecular formula is C24H24N4O3S. The van der Waals surface area contributed by atoms with Gasteiger partial charge in [-0.1, -0.05) is 13.0 Å². The van der Waals surface area contributed by atoms with Gasteiger partial charge in [0.1, 0.15) is 17.3 Å². The number of carbonyl (C=O) groups excluding carboxylic acids is 2. The van der Waals surface area contributed by atoms with Crippen LogP contribution in [0, 0.1) is 5.92 Å². The summed E-state index contributed by atoms with van der Waals surface area (Å²) >= 11 is 1.52. The number of likely N-dealkylation sites (tertiary alicyclic amines) is 1. The molecule has 0 atom stereocenters. The average molecular weight is 449 g/mol. The second kappa shape index (κ2) is 8.70. The maximum Gasteiger partial charge on any atom is 0.265 e. The highest BCUT2D eigenvalue weighted by Crippen LogP contribution is 2.37. The maximum atomic E-state index is 12.9. The number of anilines is 1. The largest absolute Gasteiger partial charge is 0.482 e. The number of hydrogen-bond donors (Lipinski definition) is 0. The normalized spacial score (nSPS) is 16.6. The van der Waals surface area contributed by atoms with Crippen LogP contribution in [0.5, 0.6) is 5.75 Å². The SMILES string of the molecule is CC1CCN(C(=O)CN2C(=O)COc3ccc(-c4csc(-c5ccccn5)n4)cc32)CC1. The van der Waals surface area contributed by atoms with Gasteiger partial charge in [-0.25, -0.2) is 4.98 Å². The third-order valence-corrected chi connectivity index (χ3v) is 6.88. The molecule has 0 saturated carbocycles. The first-order valence-corrected chi connectivity index (χ1v) is 11.7. The van der Waals surface area contributed by atoms with E-state index in [4.69, 9.17) is 9.72 Å². The molecule has 0 spiro atoms. The van der Waals surface area contributed by atoms with Crippen LogP contribution in [-0.4, -0.2) is 52.9 Å². The fourth-order valence-electron chi connectivity index (χ4n) is 4.04. The number of benzene rings is 1. The molecule has 4 heterocycles. The van der Waals surface area contributed by atoms with E-state index in [1.807, 2.05) is 46.7 Å². The predicted molar refractivity (Wildman–Crippen MR) is 124 cm³/mol. The Balaban J connectivity index is 1.40. The number of amides is 2. The van der Waals surface area contributed by atoms with Crippen LogP contribution in [0.1, 0.15) is 19.8 Å². The minimum atomic E-state index is -0.208. The van der Waals surface area contributed by atoms with Gasteiger partial charge in [0.25, 0.3) is 5.91 Å². The van der Waals surface area contributed by atoms with Crippen LogP contribution in [0.2, 0.25) is 0 Å². The Morgan fingerprint density at radius 1 is 1.19 bits per heavy atom. The molecule has 8 heteroatoms. The summed E-state index contributed by atoms with van der Waals surface area (Å²) in [4.78, 5) is 38.1. The molecule has 32 heavy (non-hydrogen) atoms. The molecule has 5 rings (SSSR count). The van der Waals surface area contributed by atoms with Crippen molar-refractivity contribution in [1.29, 1.82) is 0 Å². The molecule has 0 N–H and O–H groups in total. The van der Waals surface area contributed by atoms with Crippen molar-refractivity contribution in [2.75, 3.05) is 31.1 Å². The molecule has 7 nitrogen and oxygen atoms in total. The average Bonchev–Trinajstić information content (AvgIpc) is 3.32. The van der Waals surface area contributed by atoms with Gasteiger partial charge in [0, 0.05) is 30.2 Å². The van der Waals surface area contributed by atoms with Gasteiger partial charge >= 0.3 is 0 Å². The number of pyridine rings is 1. The highest BCUT2D eigenvalue weighted by atomic mass is 32.1. The first-order valence-electron chi connectivity index (χ1n) is 10.8. The third-order valence-electron chi connectivity index (χ3n) is 6.02. The van der Waals surface area contributed by atoms with Crippen molar-refractivity contribution < 1.29 is 14.3 Å². The Morgan fingerprint density at radius 3 is 2.81 bits per heavy atom. The van der Waals surface area contributed by atoms with Crippen molar-refractivity contribution in [2.45, 2.75) is 19.8 Å². The predicted octanol–water partition coefficient (Wildman–Crippen LogP) is 3.86. The summed E-state index contributed by atoms with van der Waals surface area (Å²) in [5.41, 5.74) is 3.10. The van der Waals surface area contributed by atoms with E-state index in [0.717, 1.165) is 47.9 Å². The van der Waals surface area contributed by atoms with E-state index in [0.29, 0.717) is 17.4 Å². The number of rotatable bonds is 4. The summed E-state index contributed by atoms with van der Waals surface area (Å²) in [7, 11) is 0. The molecule has 164 valence electrons. The quantitative estimate of drug-likeness (QED) is 0.606. The van der Waals surface area contributed by atoms with Crippen LogP contribution in [-0.2, 0) is 9.59 Å². The molecule has 1 aromatic carbocycles. The molecule has 0 radical (unpaired) electrons. The Hall–Kier alpha value is -3.26. The van der Waals surface area contributed by atoms with Gasteiger partial charge in [-0.05, 0) is 49.1 Å². The Kier molecular flexibility index (Phi) is 5.61. The van der Waals surface area contributed by atoms with E-state index in [9.17, 15) is 9.59 Å². The molecule has 2 amide bonds. The van der Waals surface area contributed by atoms with Crippen LogP contribution in [0.25, 0.3) is 22.0 Å². The highest BCUT2D eigenvalue weighted by Gasteiger charge is 2.30. The monoisotopic (exact) mass is 448 g/mol. The Labute approximate surface area is 190 Å². The van der Waals surface area contributed by atoms with Gasteiger partial charge in [-0.3, -0.25) is 19.5 Å². The Morgan fingerprint density at radius 2 is 2.03 bits per heavy atom. The zero-order chi connectivity index (χ0) is 22.1. The van der Waals surface area contributed by atoms with E-state index in [-0.39, 0.29) is 25.0 Å². The molecule has 2 aliphatic heterocycles. The summed E-state index contributed by atoms with van der Waals surface area (Å²) in [5, 5.41) is 2.80. The lowest BCUT2D eigenvalue weighted by Gasteiger charge is -2.34. The molecule has 2 aliphatic rings. The van der Waals surface area contributed by atoms with Crippen LogP contribution < -0.4 is 9.64 Å². The van der Waals surface area contributed by atoms with Gasteiger partial charge in [-0.2, -0.15) is 0 Å². The van der Waals surface area contributed by atoms with Crippen molar-refractivity contribution in [3.63, 3.8) is 0 Å². The molecule has 3 aromatic rings. The summed E-state index contributed by atoms with van der Waals surface area (Å²) in [6.45, 7) is 3.68. The lowest BCUT2D eigenvalue weighted by atomic mass is 9.99. The van der Waals surface area contributed by atoms with E-state index in [2.05, 4.69) is 11.9 Å². The number of fused-ring (bicyclic) bond motifs is 1. The summed E-state index contributed by atoms with van der Waals surface area (Å²) in [5.74, 6) is 1.02. The number of hydrogen-bond acceptors (Lipinski definition) is 6. The molecular weight excluding hydrogens is 424 g/mol. The second-order valence-electron chi connectivity index (χ2n) is 8.27. The fraction of sp³-hybridized carbons (Fsp3) is 0.333. The third kappa shape index (κ3) is 4.10. The van der Waals surface area contributed by atoms with E-state index >= 15 is 0 Å². The number of thiazole rings is 1. The van der Waals surface area contributed by atoms with Crippen molar-refractivity contribution in [2.24, 2.45) is 5.92 Å². The van der Waals surface area contributed by atoms with Crippen molar-refractivity contribution in [3.8, 4) is 27.7 Å². The van der Waals surface area contributed by atoms with E-state index in [1.54, 1.807) is 11.1 Å². The molecule has 2 aromatic heterocycles. The lowest BCUT2D eigenvalue weighted by Crippen LogP contribution is -2.48. The summed E-state index contributed by atoms with van der Waals surface area (Å²) in [6, 6.07) is 11.4. The molecule has 0 aliphatic carbocycles. The van der Waals surface area contributed by atoms with Gasteiger partial charge in [-0.15, -0.1) is 11.3 Å². The van der Waals surface area contributed by atoms with E-state index in [1.165, 1.54) is 11.3 Å². The summed E-state index contributed by atoms with van der Waals surface area (Å²) < 4.78 is 5.63. The number of nitrogens with zero attached hydrogens (tertiary/aromatic N) is 4. The molecule has 1 saturated heterocycles. The van der Waals surface area contributed by atoms with Gasteiger partial charge in [0.2, 0.25) is 5.91 Å². The maximum absolute atomic E-state index is 12.9. The van der Waals surface area contributed by atoms with Crippen LogP contribution in [0.3, 0.4) is 0 Å². The van der Waals surface area contributed by atoms with Crippen LogP contribution in [0.15, 0.2) is 48.0 Å². The minimum absolute atomic E-state index is 0.0189. The molecule has 0 bridgehead atoms. The Bertz CT molecular complexity index is 1140. The zero-order valence-electron chi connectivity index (χ0n) is 17.9. The number of ether oxygens (including phenoxy) is 1. The van der Waals surface area contributed by atoms with Crippen molar-refractivity contribution in [3.05, 3.63) is 48.0 Å². The van der Waals surface area contributed by atoms with Crippen LogP contribution >= 0.6 is 11.3 Å². The van der Waals surface area contributed by atoms with Crippen molar-refractivity contribution >= 4 is 28.8 Å². The fourth-order valence-corrected chi connectivity index (χ4v) is 4.85. The molecule has 0 unspecified atom stereocenters. The van der Waals surface area contributed by atoms with Crippen molar-refractivity contribution in [1.82, 2.24) is 14.9 Å². The number of piperidine rings is 1. The molecule has 1 fully saturated rings. The smallest absolute Gasteiger partial charge is 0.265 e. The zero-order valence-corrected chi connectivity index (χ0v) is 18.7. The van der Waals surface area contributed by atoms with Gasteiger partial charge in [0.15, 0.2) is 6.61 Å². The highest BCUT2D eigenvalue weighted by molar-refractivity contribution is 7.13. The van der Waals surface area contributed by atoms with Gasteiger partial charge in [0.05, 0.1) is 17.1 Å². The van der Waals surface area contributed by atoms with Gasteiger partial charge < -0.3 is 9.64 Å². The first kappa shape index (κ1) is 20.6. The number of aromatic nitrogens is 2. The second-order valence-corrected chi connectivity index (χ2v) is 9.13. The van der Waals surface area contributed by atoms with E-state index < -0.39 is 0 Å². The number of carbonyl (C=O) groups is 2. The van der Waals surface area contributed by atoms with Crippen LogP contribution in [0.4, 0.5) is 5.69 Å². The minimum Gasteiger partial charge on any atom is -0.482 e. The summed E-state index contributed by atoms with van der Waals surface area (Å²) in [6.07, 6.45) is 3.76.